The van der Waals surface area contributed by atoms with Gasteiger partial charge in [0.1, 0.15) is 0 Å². The molecule has 0 bridgehead atoms. The molecule has 0 aromatic heterocycles. The van der Waals surface area contributed by atoms with E-state index in [1.807, 2.05) is 6.92 Å². The summed E-state index contributed by atoms with van der Waals surface area (Å²) >= 11 is 0. The van der Waals surface area contributed by atoms with E-state index in [1.54, 1.807) is 25.1 Å². The first-order chi connectivity index (χ1) is 8.91. The van der Waals surface area contributed by atoms with Crippen molar-refractivity contribution in [2.75, 3.05) is 5.32 Å². The Morgan fingerprint density at radius 1 is 1.32 bits per heavy atom. The van der Waals surface area contributed by atoms with Crippen molar-refractivity contribution in [3.8, 4) is 0 Å². The zero-order valence-electron chi connectivity index (χ0n) is 11.1. The van der Waals surface area contributed by atoms with Gasteiger partial charge in [-0.1, -0.05) is 12.1 Å². The fraction of sp³-hybridized carbons (Fsp3) is 0.429. The summed E-state index contributed by atoms with van der Waals surface area (Å²) in [7, 11) is 0. The van der Waals surface area contributed by atoms with Crippen molar-refractivity contribution in [2.45, 2.75) is 38.6 Å². The SMILES string of the molecule is Cc1cccc(NC(=O)NC2(C)CCC2)c1C(=O)O. The van der Waals surface area contributed by atoms with Crippen LogP contribution in [0.3, 0.4) is 0 Å². The molecule has 3 N–H and O–H groups in total. The maximum atomic E-state index is 11.9. The third-order valence-electron chi connectivity index (χ3n) is 3.61. The van der Waals surface area contributed by atoms with Gasteiger partial charge in [-0.15, -0.1) is 0 Å². The van der Waals surface area contributed by atoms with E-state index in [9.17, 15) is 14.7 Å². The summed E-state index contributed by atoms with van der Waals surface area (Å²) in [5, 5.41) is 14.7. The second-order valence-corrected chi connectivity index (χ2v) is 5.30. The fourth-order valence-corrected chi connectivity index (χ4v) is 2.32. The van der Waals surface area contributed by atoms with E-state index >= 15 is 0 Å². The first-order valence-electron chi connectivity index (χ1n) is 6.33. The Morgan fingerprint density at radius 3 is 2.53 bits per heavy atom. The average molecular weight is 262 g/mol. The number of urea groups is 1. The Balaban J connectivity index is 2.12. The van der Waals surface area contributed by atoms with E-state index in [0.29, 0.717) is 11.3 Å². The van der Waals surface area contributed by atoms with E-state index in [2.05, 4.69) is 10.6 Å². The van der Waals surface area contributed by atoms with Crippen molar-refractivity contribution in [1.29, 1.82) is 0 Å². The molecule has 5 nitrogen and oxygen atoms in total. The predicted octanol–water partition coefficient (Wildman–Crippen LogP) is 2.76. The highest BCUT2D eigenvalue weighted by atomic mass is 16.4. The number of carbonyl (C=O) groups excluding carboxylic acids is 1. The van der Waals surface area contributed by atoms with Gasteiger partial charge in [-0.05, 0) is 44.7 Å². The Bertz CT molecular complexity index is 521. The molecule has 0 aliphatic heterocycles. The quantitative estimate of drug-likeness (QED) is 0.783. The monoisotopic (exact) mass is 262 g/mol. The van der Waals surface area contributed by atoms with Gasteiger partial charge in [0.15, 0.2) is 0 Å². The summed E-state index contributed by atoms with van der Waals surface area (Å²) in [5.41, 5.74) is 0.932. The molecule has 0 atom stereocenters. The van der Waals surface area contributed by atoms with Gasteiger partial charge >= 0.3 is 12.0 Å². The average Bonchev–Trinajstić information content (AvgIpc) is 2.26. The maximum Gasteiger partial charge on any atom is 0.338 e. The molecule has 5 heteroatoms. The summed E-state index contributed by atoms with van der Waals surface area (Å²) in [6, 6.07) is 4.68. The number of hydrogen-bond donors (Lipinski definition) is 3. The normalized spacial score (nSPS) is 16.3. The lowest BCUT2D eigenvalue weighted by molar-refractivity contribution is 0.0697. The largest absolute Gasteiger partial charge is 0.478 e. The van der Waals surface area contributed by atoms with Gasteiger partial charge in [0, 0.05) is 5.54 Å². The summed E-state index contributed by atoms with van der Waals surface area (Å²) in [6.07, 6.45) is 3.03. The van der Waals surface area contributed by atoms with Crippen molar-refractivity contribution < 1.29 is 14.7 Å². The zero-order chi connectivity index (χ0) is 14.0. The Labute approximate surface area is 112 Å². The number of hydrogen-bond acceptors (Lipinski definition) is 2. The molecular weight excluding hydrogens is 244 g/mol. The highest BCUT2D eigenvalue weighted by Gasteiger charge is 2.33. The number of aromatic carboxylic acids is 1. The van der Waals surface area contributed by atoms with Gasteiger partial charge in [0.2, 0.25) is 0 Å². The number of aryl methyl sites for hydroxylation is 1. The van der Waals surface area contributed by atoms with Crippen LogP contribution in [-0.4, -0.2) is 22.6 Å². The number of carbonyl (C=O) groups is 2. The molecule has 0 spiro atoms. The number of anilines is 1. The van der Waals surface area contributed by atoms with Gasteiger partial charge < -0.3 is 15.7 Å². The molecule has 2 amide bonds. The van der Waals surface area contributed by atoms with Crippen molar-refractivity contribution in [3.05, 3.63) is 29.3 Å². The second kappa shape index (κ2) is 4.91. The molecule has 1 aromatic rings. The number of carboxylic acids is 1. The van der Waals surface area contributed by atoms with Crippen LogP contribution in [0, 0.1) is 6.92 Å². The van der Waals surface area contributed by atoms with Crippen LogP contribution in [0.2, 0.25) is 0 Å². The molecule has 19 heavy (non-hydrogen) atoms. The molecule has 1 aromatic carbocycles. The van der Waals surface area contributed by atoms with E-state index in [0.717, 1.165) is 19.3 Å². The van der Waals surface area contributed by atoms with Crippen molar-refractivity contribution >= 4 is 17.7 Å². The molecule has 0 saturated heterocycles. The first-order valence-corrected chi connectivity index (χ1v) is 6.33. The summed E-state index contributed by atoms with van der Waals surface area (Å²) in [4.78, 5) is 23.1. The lowest BCUT2D eigenvalue weighted by Crippen LogP contribution is -2.52. The first kappa shape index (κ1) is 13.4. The number of nitrogens with one attached hydrogen (secondary N) is 2. The fourth-order valence-electron chi connectivity index (χ4n) is 2.32. The van der Waals surface area contributed by atoms with Crippen LogP contribution in [0.25, 0.3) is 0 Å². The van der Waals surface area contributed by atoms with Crippen LogP contribution in [0.15, 0.2) is 18.2 Å². The predicted molar refractivity (Wildman–Crippen MR) is 72.5 cm³/mol. The maximum absolute atomic E-state index is 11.9. The minimum atomic E-state index is -1.04. The van der Waals surface area contributed by atoms with E-state index in [1.165, 1.54) is 0 Å². The summed E-state index contributed by atoms with van der Waals surface area (Å²) in [6.45, 7) is 3.70. The van der Waals surface area contributed by atoms with Crippen LogP contribution in [0.1, 0.15) is 42.1 Å². The van der Waals surface area contributed by atoms with Crippen LogP contribution in [0.4, 0.5) is 10.5 Å². The molecule has 0 unspecified atom stereocenters. The van der Waals surface area contributed by atoms with Gasteiger partial charge in [-0.2, -0.15) is 0 Å². The number of rotatable bonds is 3. The third-order valence-corrected chi connectivity index (χ3v) is 3.61. The molecule has 0 heterocycles. The summed E-state index contributed by atoms with van der Waals surface area (Å²) in [5.74, 6) is -1.04. The zero-order valence-corrected chi connectivity index (χ0v) is 11.1. The smallest absolute Gasteiger partial charge is 0.338 e. The Hall–Kier alpha value is -2.04. The lowest BCUT2D eigenvalue weighted by Gasteiger charge is -2.39. The molecule has 2 rings (SSSR count). The second-order valence-electron chi connectivity index (χ2n) is 5.30. The van der Waals surface area contributed by atoms with Crippen molar-refractivity contribution in [2.24, 2.45) is 0 Å². The molecule has 1 fully saturated rings. The van der Waals surface area contributed by atoms with Crippen LogP contribution < -0.4 is 10.6 Å². The van der Waals surface area contributed by atoms with E-state index < -0.39 is 5.97 Å². The van der Waals surface area contributed by atoms with Gasteiger partial charge in [-0.25, -0.2) is 9.59 Å². The Kier molecular flexibility index (Phi) is 3.46. The molecule has 1 saturated carbocycles. The van der Waals surface area contributed by atoms with Gasteiger partial charge in [0.05, 0.1) is 11.3 Å². The minimum absolute atomic E-state index is 0.136. The van der Waals surface area contributed by atoms with Crippen LogP contribution in [-0.2, 0) is 0 Å². The standard InChI is InChI=1S/C14H18N2O3/c1-9-5-3-6-10(11(9)12(17)18)15-13(19)16-14(2)7-4-8-14/h3,5-6H,4,7-8H2,1-2H3,(H,17,18)(H2,15,16,19). The Morgan fingerprint density at radius 2 is 2.00 bits per heavy atom. The molecule has 0 radical (unpaired) electrons. The van der Waals surface area contributed by atoms with Crippen LogP contribution >= 0.6 is 0 Å². The molecule has 102 valence electrons. The highest BCUT2D eigenvalue weighted by molar-refractivity contribution is 6.01. The van der Waals surface area contributed by atoms with E-state index in [4.69, 9.17) is 0 Å². The lowest BCUT2D eigenvalue weighted by atomic mass is 9.79. The van der Waals surface area contributed by atoms with E-state index in [-0.39, 0.29) is 17.1 Å². The minimum Gasteiger partial charge on any atom is -0.478 e. The highest BCUT2D eigenvalue weighted by Crippen LogP contribution is 2.31. The van der Waals surface area contributed by atoms with Gasteiger partial charge in [-0.3, -0.25) is 0 Å². The van der Waals surface area contributed by atoms with Crippen LogP contribution in [0.5, 0.6) is 0 Å². The topological polar surface area (TPSA) is 78.4 Å². The molecular formula is C14H18N2O3. The molecule has 1 aliphatic carbocycles. The summed E-state index contributed by atoms with van der Waals surface area (Å²) < 4.78 is 0. The number of carboxylic acid groups (broad SMARTS) is 1. The third kappa shape index (κ3) is 2.86. The van der Waals surface area contributed by atoms with Crippen molar-refractivity contribution in [1.82, 2.24) is 5.32 Å². The number of benzene rings is 1. The van der Waals surface area contributed by atoms with Gasteiger partial charge in [0.25, 0.3) is 0 Å². The number of amides is 2. The van der Waals surface area contributed by atoms with Crippen molar-refractivity contribution in [3.63, 3.8) is 0 Å². The molecule has 1 aliphatic rings.